The number of nitrogens with one attached hydrogen (secondary N) is 3. The minimum atomic E-state index is -0.353. The number of thiazole rings is 1. The number of aryl methyl sites for hydroxylation is 2. The predicted octanol–water partition coefficient (Wildman–Crippen LogP) is 4.91. The number of anilines is 3. The Balaban J connectivity index is 1.80. The molecule has 0 radical (unpaired) electrons. The van der Waals surface area contributed by atoms with Crippen molar-refractivity contribution in [1.29, 1.82) is 0 Å². The van der Waals surface area contributed by atoms with Crippen LogP contribution >= 0.6 is 11.3 Å². The van der Waals surface area contributed by atoms with Gasteiger partial charge in [-0.25, -0.2) is 9.78 Å². The van der Waals surface area contributed by atoms with Crippen LogP contribution in [0.2, 0.25) is 0 Å². The first-order chi connectivity index (χ1) is 13.4. The fourth-order valence-corrected chi connectivity index (χ4v) is 3.54. The summed E-state index contributed by atoms with van der Waals surface area (Å²) in [7, 11) is 1.54. The molecule has 3 rings (SSSR count). The van der Waals surface area contributed by atoms with E-state index in [1.54, 1.807) is 19.1 Å². The molecule has 3 amide bonds. The number of ether oxygens (including phenoxy) is 1. The maximum atomic E-state index is 12.4. The number of amides is 3. The average molecular weight is 398 g/mol. The maximum absolute atomic E-state index is 12.4. The zero-order valence-electron chi connectivity index (χ0n) is 16.2. The van der Waals surface area contributed by atoms with Crippen molar-refractivity contribution in [2.75, 3.05) is 23.1 Å². The summed E-state index contributed by atoms with van der Waals surface area (Å²) in [6.07, 6.45) is 0.374. The third kappa shape index (κ3) is 4.40. The van der Waals surface area contributed by atoms with Gasteiger partial charge in [-0.15, -0.1) is 0 Å². The molecule has 0 unspecified atom stereocenters. The Morgan fingerprint density at radius 1 is 1.04 bits per heavy atom. The summed E-state index contributed by atoms with van der Waals surface area (Å²) in [5.41, 5.74) is 4.20. The van der Waals surface area contributed by atoms with Crippen molar-refractivity contribution in [3.8, 4) is 5.75 Å². The van der Waals surface area contributed by atoms with Gasteiger partial charge in [0.25, 0.3) is 0 Å². The van der Waals surface area contributed by atoms with E-state index in [4.69, 9.17) is 4.74 Å². The molecule has 0 aliphatic carbocycles. The molecule has 3 N–H and O–H groups in total. The molecule has 1 heterocycles. The summed E-state index contributed by atoms with van der Waals surface area (Å²) in [6, 6.07) is 8.89. The summed E-state index contributed by atoms with van der Waals surface area (Å²) in [5, 5.41) is 8.88. The summed E-state index contributed by atoms with van der Waals surface area (Å²) >= 11 is 1.32. The van der Waals surface area contributed by atoms with Gasteiger partial charge in [0.1, 0.15) is 11.3 Å². The number of aromatic nitrogens is 1. The Morgan fingerprint density at radius 3 is 2.46 bits per heavy atom. The number of benzene rings is 2. The highest BCUT2D eigenvalue weighted by Crippen LogP contribution is 2.35. The molecule has 0 saturated carbocycles. The van der Waals surface area contributed by atoms with Crippen LogP contribution in [-0.4, -0.2) is 24.0 Å². The van der Waals surface area contributed by atoms with Gasteiger partial charge in [-0.3, -0.25) is 4.79 Å². The number of urea groups is 1. The number of carbonyl (C=O) groups is 2. The zero-order valence-corrected chi connectivity index (χ0v) is 17.0. The van der Waals surface area contributed by atoms with Crippen LogP contribution in [0.15, 0.2) is 30.3 Å². The maximum Gasteiger partial charge on any atom is 0.323 e. The summed E-state index contributed by atoms with van der Waals surface area (Å²) in [4.78, 5) is 28.4. The van der Waals surface area contributed by atoms with Gasteiger partial charge in [0.05, 0.1) is 11.8 Å². The normalized spacial score (nSPS) is 10.6. The van der Waals surface area contributed by atoms with Gasteiger partial charge in [-0.2, -0.15) is 0 Å². The van der Waals surface area contributed by atoms with Gasteiger partial charge in [0, 0.05) is 23.9 Å². The number of nitrogens with zero attached hydrogens (tertiary/aromatic N) is 1. The van der Waals surface area contributed by atoms with Crippen molar-refractivity contribution in [2.24, 2.45) is 0 Å². The molecular formula is C20H22N4O3S. The van der Waals surface area contributed by atoms with Crippen LogP contribution in [0.5, 0.6) is 5.75 Å². The van der Waals surface area contributed by atoms with Gasteiger partial charge < -0.3 is 20.7 Å². The number of hydrogen-bond acceptors (Lipinski definition) is 5. The van der Waals surface area contributed by atoms with Crippen LogP contribution in [0.1, 0.15) is 24.5 Å². The number of methoxy groups -OCH3 is 1. The molecule has 0 fully saturated rings. The van der Waals surface area contributed by atoms with Crippen LogP contribution in [0, 0.1) is 13.8 Å². The van der Waals surface area contributed by atoms with E-state index in [0.717, 1.165) is 21.5 Å². The topological polar surface area (TPSA) is 92.3 Å². The van der Waals surface area contributed by atoms with Gasteiger partial charge >= 0.3 is 6.03 Å². The van der Waals surface area contributed by atoms with Gasteiger partial charge in [0.15, 0.2) is 5.13 Å². The van der Waals surface area contributed by atoms with Crippen molar-refractivity contribution in [1.82, 2.24) is 4.98 Å². The van der Waals surface area contributed by atoms with E-state index >= 15 is 0 Å². The lowest BCUT2D eigenvalue weighted by atomic mass is 10.1. The van der Waals surface area contributed by atoms with E-state index in [1.165, 1.54) is 18.4 Å². The Hall–Kier alpha value is -3.13. The fourth-order valence-electron chi connectivity index (χ4n) is 2.60. The average Bonchev–Trinajstić information content (AvgIpc) is 3.06. The quantitative estimate of drug-likeness (QED) is 0.569. The zero-order chi connectivity index (χ0) is 20.3. The van der Waals surface area contributed by atoms with Crippen molar-refractivity contribution < 1.29 is 14.3 Å². The van der Waals surface area contributed by atoms with Crippen LogP contribution < -0.4 is 20.7 Å². The van der Waals surface area contributed by atoms with E-state index in [-0.39, 0.29) is 11.9 Å². The Morgan fingerprint density at radius 2 is 1.79 bits per heavy atom. The van der Waals surface area contributed by atoms with E-state index in [2.05, 4.69) is 20.9 Å². The molecular weight excluding hydrogens is 376 g/mol. The number of fused-ring (bicyclic) bond motifs is 1. The molecule has 28 heavy (non-hydrogen) atoms. The molecule has 7 nitrogen and oxygen atoms in total. The summed E-state index contributed by atoms with van der Waals surface area (Å²) in [6.45, 7) is 5.79. The first-order valence-electron chi connectivity index (χ1n) is 8.83. The highest BCUT2D eigenvalue weighted by molar-refractivity contribution is 7.22. The summed E-state index contributed by atoms with van der Waals surface area (Å²) in [5.74, 6) is 0.413. The van der Waals surface area contributed by atoms with Crippen molar-refractivity contribution in [3.05, 3.63) is 41.5 Å². The van der Waals surface area contributed by atoms with E-state index < -0.39 is 0 Å². The van der Waals surface area contributed by atoms with Gasteiger partial charge in [0.2, 0.25) is 5.91 Å². The van der Waals surface area contributed by atoms with Gasteiger partial charge in [-0.05, 0) is 43.2 Å². The van der Waals surface area contributed by atoms with E-state index in [0.29, 0.717) is 28.5 Å². The second-order valence-corrected chi connectivity index (χ2v) is 7.35. The molecule has 0 spiro atoms. The van der Waals surface area contributed by atoms with Crippen molar-refractivity contribution in [2.45, 2.75) is 27.2 Å². The van der Waals surface area contributed by atoms with Crippen molar-refractivity contribution in [3.63, 3.8) is 0 Å². The molecule has 0 bridgehead atoms. The van der Waals surface area contributed by atoms with Crippen LogP contribution in [0.4, 0.5) is 21.3 Å². The molecule has 0 aliphatic rings. The third-order valence-electron chi connectivity index (χ3n) is 4.27. The molecule has 2 aromatic carbocycles. The lowest BCUT2D eigenvalue weighted by Crippen LogP contribution is -2.19. The lowest BCUT2D eigenvalue weighted by Gasteiger charge is -2.10. The standard InChI is InChI=1S/C20H22N4O3S/c1-5-17(25)23-20-24-18-15(27-4)9-14(10-16(18)28-20)22-19(26)21-13-7-6-11(2)12(3)8-13/h6-10H,5H2,1-4H3,(H2,21,22,26)(H,23,24,25). The van der Waals surface area contributed by atoms with E-state index in [9.17, 15) is 9.59 Å². The largest absolute Gasteiger partial charge is 0.494 e. The SMILES string of the molecule is CCC(=O)Nc1nc2c(OC)cc(NC(=O)Nc3ccc(C)c(C)c3)cc2s1. The molecule has 0 atom stereocenters. The monoisotopic (exact) mass is 398 g/mol. The second-order valence-electron chi connectivity index (χ2n) is 6.32. The fraction of sp³-hybridized carbons (Fsp3) is 0.250. The Bertz CT molecular complexity index is 1050. The molecule has 1 aromatic heterocycles. The smallest absolute Gasteiger partial charge is 0.323 e. The highest BCUT2D eigenvalue weighted by Gasteiger charge is 2.14. The molecule has 0 saturated heterocycles. The predicted molar refractivity (Wildman–Crippen MR) is 114 cm³/mol. The first kappa shape index (κ1) is 19.6. The van der Waals surface area contributed by atoms with Crippen molar-refractivity contribution >= 4 is 50.0 Å². The van der Waals surface area contributed by atoms with E-state index in [1.807, 2.05) is 32.0 Å². The number of hydrogen-bond donors (Lipinski definition) is 3. The molecule has 0 aliphatic heterocycles. The first-order valence-corrected chi connectivity index (χ1v) is 9.65. The molecule has 146 valence electrons. The Kier molecular flexibility index (Phi) is 5.79. The molecule has 8 heteroatoms. The van der Waals surface area contributed by atoms with Gasteiger partial charge in [-0.1, -0.05) is 24.3 Å². The third-order valence-corrected chi connectivity index (χ3v) is 5.19. The number of rotatable bonds is 5. The van der Waals surface area contributed by atoms with Crippen LogP contribution in [0.3, 0.4) is 0 Å². The van der Waals surface area contributed by atoms with Crippen LogP contribution in [0.25, 0.3) is 10.2 Å². The number of carbonyl (C=O) groups excluding carboxylic acids is 2. The minimum absolute atomic E-state index is 0.107. The minimum Gasteiger partial charge on any atom is -0.494 e. The second kappa shape index (κ2) is 8.26. The molecule has 3 aromatic rings. The summed E-state index contributed by atoms with van der Waals surface area (Å²) < 4.78 is 6.20. The highest BCUT2D eigenvalue weighted by atomic mass is 32.1. The lowest BCUT2D eigenvalue weighted by molar-refractivity contribution is -0.115. The van der Waals surface area contributed by atoms with Crippen LogP contribution in [-0.2, 0) is 4.79 Å². The Labute approximate surface area is 167 Å².